The Morgan fingerprint density at radius 3 is 2.64 bits per heavy atom. The van der Waals surface area contributed by atoms with Crippen LogP contribution in [0.25, 0.3) is 11.4 Å². The normalized spacial score (nSPS) is 10.4. The SMILES string of the molecule is Cn1nc(-c2ccnn2C)cc1C=O. The molecule has 0 radical (unpaired) electrons. The van der Waals surface area contributed by atoms with Crippen LogP contribution < -0.4 is 0 Å². The first kappa shape index (κ1) is 8.68. The summed E-state index contributed by atoms with van der Waals surface area (Å²) in [5.74, 6) is 0. The minimum atomic E-state index is 0.557. The van der Waals surface area contributed by atoms with Crippen LogP contribution in [0.1, 0.15) is 10.5 Å². The summed E-state index contributed by atoms with van der Waals surface area (Å²) in [6, 6.07) is 3.60. The Labute approximate surface area is 81.0 Å². The molecule has 2 heterocycles. The molecule has 5 nitrogen and oxygen atoms in total. The number of carbonyl (C=O) groups is 1. The van der Waals surface area contributed by atoms with Crippen molar-refractivity contribution in [3.63, 3.8) is 0 Å². The van der Waals surface area contributed by atoms with E-state index in [0.717, 1.165) is 17.7 Å². The van der Waals surface area contributed by atoms with Crippen molar-refractivity contribution in [2.45, 2.75) is 0 Å². The van der Waals surface area contributed by atoms with Crippen molar-refractivity contribution >= 4 is 6.29 Å². The molecule has 0 aromatic carbocycles. The average molecular weight is 190 g/mol. The van der Waals surface area contributed by atoms with E-state index < -0.39 is 0 Å². The number of aldehydes is 1. The molecule has 0 saturated carbocycles. The second-order valence-corrected chi connectivity index (χ2v) is 3.04. The first-order valence-corrected chi connectivity index (χ1v) is 4.20. The van der Waals surface area contributed by atoms with Crippen molar-refractivity contribution in [3.05, 3.63) is 24.0 Å². The van der Waals surface area contributed by atoms with Crippen LogP contribution in [0.4, 0.5) is 0 Å². The predicted octanol–water partition coefficient (Wildman–Crippen LogP) is 0.633. The molecule has 0 aliphatic carbocycles. The minimum Gasteiger partial charge on any atom is -0.296 e. The van der Waals surface area contributed by atoms with Crippen LogP contribution in [0.5, 0.6) is 0 Å². The van der Waals surface area contributed by atoms with E-state index in [1.807, 2.05) is 13.1 Å². The third-order valence-electron chi connectivity index (χ3n) is 2.12. The maximum Gasteiger partial charge on any atom is 0.168 e. The van der Waals surface area contributed by atoms with Gasteiger partial charge in [-0.25, -0.2) is 0 Å². The van der Waals surface area contributed by atoms with E-state index in [-0.39, 0.29) is 0 Å². The van der Waals surface area contributed by atoms with Crippen molar-refractivity contribution in [2.75, 3.05) is 0 Å². The molecule has 0 N–H and O–H groups in total. The van der Waals surface area contributed by atoms with E-state index in [4.69, 9.17) is 0 Å². The molecular weight excluding hydrogens is 180 g/mol. The van der Waals surface area contributed by atoms with E-state index in [2.05, 4.69) is 10.2 Å². The first-order valence-electron chi connectivity index (χ1n) is 4.20. The van der Waals surface area contributed by atoms with Gasteiger partial charge in [0.25, 0.3) is 0 Å². The topological polar surface area (TPSA) is 52.7 Å². The van der Waals surface area contributed by atoms with E-state index in [1.165, 1.54) is 0 Å². The smallest absolute Gasteiger partial charge is 0.168 e. The van der Waals surface area contributed by atoms with Gasteiger partial charge in [-0.3, -0.25) is 14.2 Å². The van der Waals surface area contributed by atoms with Gasteiger partial charge in [-0.05, 0) is 12.1 Å². The van der Waals surface area contributed by atoms with Crippen LogP contribution in [0.3, 0.4) is 0 Å². The Bertz CT molecular complexity index is 469. The van der Waals surface area contributed by atoms with Crippen molar-refractivity contribution in [1.29, 1.82) is 0 Å². The van der Waals surface area contributed by atoms with Crippen molar-refractivity contribution in [3.8, 4) is 11.4 Å². The zero-order chi connectivity index (χ0) is 10.1. The summed E-state index contributed by atoms with van der Waals surface area (Å²) in [6.07, 6.45) is 2.48. The molecule has 0 aliphatic rings. The third kappa shape index (κ3) is 1.22. The lowest BCUT2D eigenvalue weighted by Crippen LogP contribution is -1.97. The first-order chi connectivity index (χ1) is 6.72. The van der Waals surface area contributed by atoms with Gasteiger partial charge in [-0.15, -0.1) is 0 Å². The highest BCUT2D eigenvalue weighted by molar-refractivity contribution is 5.75. The molecule has 0 aliphatic heterocycles. The molecule has 14 heavy (non-hydrogen) atoms. The lowest BCUT2D eigenvalue weighted by molar-refractivity contribution is 0.111. The molecule has 5 heteroatoms. The molecule has 2 rings (SSSR count). The highest BCUT2D eigenvalue weighted by Gasteiger charge is 2.08. The highest BCUT2D eigenvalue weighted by Crippen LogP contribution is 2.16. The molecule has 0 spiro atoms. The molecule has 0 atom stereocenters. The summed E-state index contributed by atoms with van der Waals surface area (Å²) in [6.45, 7) is 0. The molecule has 0 saturated heterocycles. The van der Waals surface area contributed by atoms with Gasteiger partial charge in [-0.1, -0.05) is 0 Å². The molecule has 2 aromatic rings. The number of nitrogens with zero attached hydrogens (tertiary/aromatic N) is 4. The molecule has 0 fully saturated rings. The van der Waals surface area contributed by atoms with Crippen LogP contribution in [0.2, 0.25) is 0 Å². The number of carbonyl (C=O) groups excluding carboxylic acids is 1. The average Bonchev–Trinajstić information content (AvgIpc) is 2.71. The van der Waals surface area contributed by atoms with Crippen LogP contribution in [0.15, 0.2) is 18.3 Å². The van der Waals surface area contributed by atoms with E-state index in [1.54, 1.807) is 28.7 Å². The van der Waals surface area contributed by atoms with Gasteiger partial charge >= 0.3 is 0 Å². The highest BCUT2D eigenvalue weighted by atomic mass is 16.1. The lowest BCUT2D eigenvalue weighted by Gasteiger charge is -1.95. The summed E-state index contributed by atoms with van der Waals surface area (Å²) in [4.78, 5) is 10.6. The van der Waals surface area contributed by atoms with Crippen LogP contribution in [-0.2, 0) is 14.1 Å². The van der Waals surface area contributed by atoms with E-state index in [0.29, 0.717) is 5.69 Å². The number of aryl methyl sites for hydroxylation is 2. The van der Waals surface area contributed by atoms with Crippen molar-refractivity contribution in [2.24, 2.45) is 14.1 Å². The van der Waals surface area contributed by atoms with Gasteiger partial charge in [0.15, 0.2) is 6.29 Å². The summed E-state index contributed by atoms with van der Waals surface area (Å²) < 4.78 is 3.27. The Morgan fingerprint density at radius 2 is 2.14 bits per heavy atom. The van der Waals surface area contributed by atoms with Crippen LogP contribution in [0, 0.1) is 0 Å². The van der Waals surface area contributed by atoms with Gasteiger partial charge in [0.2, 0.25) is 0 Å². The molecule has 0 unspecified atom stereocenters. The van der Waals surface area contributed by atoms with Gasteiger partial charge < -0.3 is 0 Å². The molecule has 0 bridgehead atoms. The Balaban J connectivity index is 2.53. The fourth-order valence-corrected chi connectivity index (χ4v) is 1.34. The summed E-state index contributed by atoms with van der Waals surface area (Å²) in [5.41, 5.74) is 2.21. The van der Waals surface area contributed by atoms with Crippen LogP contribution in [-0.4, -0.2) is 25.8 Å². The van der Waals surface area contributed by atoms with E-state index in [9.17, 15) is 4.79 Å². The van der Waals surface area contributed by atoms with Gasteiger partial charge in [-0.2, -0.15) is 10.2 Å². The Morgan fingerprint density at radius 1 is 1.36 bits per heavy atom. The summed E-state index contributed by atoms with van der Waals surface area (Å²) in [5, 5.41) is 8.25. The number of hydrogen-bond acceptors (Lipinski definition) is 3. The standard InChI is InChI=1S/C9H10N4O/c1-12-7(6-14)5-8(11-12)9-3-4-10-13(9)2/h3-6H,1-2H3. The van der Waals surface area contributed by atoms with Crippen molar-refractivity contribution < 1.29 is 4.79 Å². The zero-order valence-corrected chi connectivity index (χ0v) is 8.01. The fourth-order valence-electron chi connectivity index (χ4n) is 1.34. The summed E-state index contributed by atoms with van der Waals surface area (Å²) in [7, 11) is 3.58. The Kier molecular flexibility index (Phi) is 1.92. The summed E-state index contributed by atoms with van der Waals surface area (Å²) >= 11 is 0. The third-order valence-corrected chi connectivity index (χ3v) is 2.12. The molecular formula is C9H10N4O. The number of hydrogen-bond donors (Lipinski definition) is 0. The van der Waals surface area contributed by atoms with Gasteiger partial charge in [0, 0.05) is 20.3 Å². The molecule has 0 amide bonds. The minimum absolute atomic E-state index is 0.557. The van der Waals surface area contributed by atoms with Crippen molar-refractivity contribution in [1.82, 2.24) is 19.6 Å². The van der Waals surface area contributed by atoms with Crippen LogP contribution >= 0.6 is 0 Å². The number of aromatic nitrogens is 4. The monoisotopic (exact) mass is 190 g/mol. The molecule has 72 valence electrons. The second-order valence-electron chi connectivity index (χ2n) is 3.04. The van der Waals surface area contributed by atoms with E-state index >= 15 is 0 Å². The molecule has 2 aromatic heterocycles. The maximum atomic E-state index is 10.6. The lowest BCUT2D eigenvalue weighted by atomic mass is 10.3. The van der Waals surface area contributed by atoms with Gasteiger partial charge in [0.1, 0.15) is 11.4 Å². The fraction of sp³-hybridized carbons (Fsp3) is 0.222. The largest absolute Gasteiger partial charge is 0.296 e. The zero-order valence-electron chi connectivity index (χ0n) is 8.01. The predicted molar refractivity (Wildman–Crippen MR) is 50.8 cm³/mol. The van der Waals surface area contributed by atoms with Gasteiger partial charge in [0.05, 0.1) is 5.69 Å². The quantitative estimate of drug-likeness (QED) is 0.653. The number of rotatable bonds is 2. The second kappa shape index (κ2) is 3.10. The maximum absolute atomic E-state index is 10.6. The Hall–Kier alpha value is -1.91.